The van der Waals surface area contributed by atoms with Gasteiger partial charge in [0, 0.05) is 12.1 Å². The average Bonchev–Trinajstić information content (AvgIpc) is 2.38. The van der Waals surface area contributed by atoms with E-state index in [0.29, 0.717) is 19.3 Å². The van der Waals surface area contributed by atoms with Crippen molar-refractivity contribution in [1.29, 1.82) is 0 Å². The molecule has 1 rings (SSSR count). The highest BCUT2D eigenvalue weighted by molar-refractivity contribution is 5.32. The van der Waals surface area contributed by atoms with Crippen molar-refractivity contribution >= 4 is 0 Å². The molecule has 0 aliphatic heterocycles. The van der Waals surface area contributed by atoms with Crippen LogP contribution in [0.3, 0.4) is 0 Å². The van der Waals surface area contributed by atoms with Crippen molar-refractivity contribution < 1.29 is 9.47 Å². The first-order valence-electron chi connectivity index (χ1n) is 7.56. The summed E-state index contributed by atoms with van der Waals surface area (Å²) in [6.07, 6.45) is 1.13. The zero-order valence-electron chi connectivity index (χ0n) is 13.5. The minimum absolute atomic E-state index is 0.173. The largest absolute Gasteiger partial charge is 0.494 e. The Balaban J connectivity index is 2.60. The van der Waals surface area contributed by atoms with Crippen LogP contribution in [0.1, 0.15) is 41.0 Å². The van der Waals surface area contributed by atoms with Crippen LogP contribution in [0.4, 0.5) is 0 Å². The van der Waals surface area contributed by atoms with E-state index in [1.165, 1.54) is 0 Å². The fourth-order valence-electron chi connectivity index (χ4n) is 1.93. The summed E-state index contributed by atoms with van der Waals surface area (Å²) in [7, 11) is 0. The van der Waals surface area contributed by atoms with Gasteiger partial charge in [-0.1, -0.05) is 33.8 Å². The van der Waals surface area contributed by atoms with Gasteiger partial charge in [0.1, 0.15) is 18.1 Å². The molecule has 0 saturated carbocycles. The van der Waals surface area contributed by atoms with E-state index in [-0.39, 0.29) is 5.41 Å². The number of benzene rings is 1. The lowest BCUT2D eigenvalue weighted by Crippen LogP contribution is -2.45. The molecule has 0 fully saturated rings. The summed E-state index contributed by atoms with van der Waals surface area (Å²) >= 11 is 0. The van der Waals surface area contributed by atoms with E-state index in [4.69, 9.17) is 9.47 Å². The molecule has 114 valence electrons. The highest BCUT2D eigenvalue weighted by atomic mass is 16.5. The van der Waals surface area contributed by atoms with E-state index >= 15 is 0 Å². The van der Waals surface area contributed by atoms with Crippen LogP contribution in [0.5, 0.6) is 11.5 Å². The summed E-state index contributed by atoms with van der Waals surface area (Å²) in [5, 5.41) is 3.56. The van der Waals surface area contributed by atoms with Gasteiger partial charge in [0.15, 0.2) is 0 Å². The molecule has 0 aromatic heterocycles. The van der Waals surface area contributed by atoms with Gasteiger partial charge in [0.25, 0.3) is 0 Å². The zero-order chi connectivity index (χ0) is 15.0. The van der Waals surface area contributed by atoms with Crippen LogP contribution in [0.2, 0.25) is 0 Å². The molecule has 1 aromatic carbocycles. The minimum atomic E-state index is 0.173. The summed E-state index contributed by atoms with van der Waals surface area (Å²) in [6.45, 7) is 13.2. The lowest BCUT2D eigenvalue weighted by atomic mass is 9.87. The standard InChI is InChI=1S/C17H29NO2/c1-6-11-18-16(17(3,4)5)13-20-15-10-8-9-14(12-15)19-7-2/h8-10,12,16,18H,6-7,11,13H2,1-5H3. The van der Waals surface area contributed by atoms with Gasteiger partial charge in [0.2, 0.25) is 0 Å². The molecule has 0 bridgehead atoms. The van der Waals surface area contributed by atoms with Gasteiger partial charge in [0.05, 0.1) is 6.61 Å². The molecule has 3 heteroatoms. The van der Waals surface area contributed by atoms with Crippen LogP contribution in [-0.4, -0.2) is 25.8 Å². The maximum Gasteiger partial charge on any atom is 0.123 e. The molecule has 0 aliphatic rings. The van der Waals surface area contributed by atoms with Gasteiger partial charge in [-0.15, -0.1) is 0 Å². The first kappa shape index (κ1) is 16.8. The maximum atomic E-state index is 5.94. The Morgan fingerprint density at radius 3 is 2.30 bits per heavy atom. The number of hydrogen-bond acceptors (Lipinski definition) is 3. The highest BCUT2D eigenvalue weighted by Gasteiger charge is 2.24. The highest BCUT2D eigenvalue weighted by Crippen LogP contribution is 2.23. The molecule has 0 spiro atoms. The zero-order valence-corrected chi connectivity index (χ0v) is 13.5. The third-order valence-corrected chi connectivity index (χ3v) is 3.22. The third-order valence-electron chi connectivity index (χ3n) is 3.22. The van der Waals surface area contributed by atoms with Crippen molar-refractivity contribution in [2.45, 2.75) is 47.1 Å². The molecule has 1 atom stereocenters. The van der Waals surface area contributed by atoms with E-state index in [1.807, 2.05) is 31.2 Å². The van der Waals surface area contributed by atoms with Crippen molar-refractivity contribution in [2.24, 2.45) is 5.41 Å². The van der Waals surface area contributed by atoms with E-state index in [0.717, 1.165) is 24.5 Å². The molecule has 3 nitrogen and oxygen atoms in total. The van der Waals surface area contributed by atoms with Gasteiger partial charge in [-0.3, -0.25) is 0 Å². The molecule has 1 unspecified atom stereocenters. The number of hydrogen-bond donors (Lipinski definition) is 1. The molecule has 1 aromatic rings. The van der Waals surface area contributed by atoms with Gasteiger partial charge >= 0.3 is 0 Å². The Bertz CT molecular complexity index is 385. The molecule has 0 amide bonds. The Labute approximate surface area is 123 Å². The normalized spacial score (nSPS) is 13.1. The van der Waals surface area contributed by atoms with Crippen LogP contribution in [0.25, 0.3) is 0 Å². The van der Waals surface area contributed by atoms with Crippen LogP contribution in [0, 0.1) is 5.41 Å². The number of ether oxygens (including phenoxy) is 2. The van der Waals surface area contributed by atoms with Gasteiger partial charge < -0.3 is 14.8 Å². The van der Waals surface area contributed by atoms with Crippen LogP contribution in [0.15, 0.2) is 24.3 Å². The van der Waals surface area contributed by atoms with E-state index < -0.39 is 0 Å². The maximum absolute atomic E-state index is 5.94. The van der Waals surface area contributed by atoms with Crippen LogP contribution >= 0.6 is 0 Å². The van der Waals surface area contributed by atoms with E-state index in [1.54, 1.807) is 0 Å². The van der Waals surface area contributed by atoms with Gasteiger partial charge in [-0.05, 0) is 37.4 Å². The predicted octanol–water partition coefficient (Wildman–Crippen LogP) is 3.88. The van der Waals surface area contributed by atoms with Crippen molar-refractivity contribution in [3.05, 3.63) is 24.3 Å². The summed E-state index contributed by atoms with van der Waals surface area (Å²) in [4.78, 5) is 0. The molecule has 0 radical (unpaired) electrons. The smallest absolute Gasteiger partial charge is 0.123 e. The molecule has 0 saturated heterocycles. The summed E-state index contributed by atoms with van der Waals surface area (Å²) < 4.78 is 11.4. The van der Waals surface area contributed by atoms with E-state index in [9.17, 15) is 0 Å². The predicted molar refractivity (Wildman–Crippen MR) is 84.6 cm³/mol. The molecular formula is C17H29NO2. The first-order chi connectivity index (χ1) is 9.47. The molecule has 20 heavy (non-hydrogen) atoms. The fraction of sp³-hybridized carbons (Fsp3) is 0.647. The lowest BCUT2D eigenvalue weighted by molar-refractivity contribution is 0.174. The van der Waals surface area contributed by atoms with Crippen LogP contribution < -0.4 is 14.8 Å². The second-order valence-corrected chi connectivity index (χ2v) is 6.09. The molecular weight excluding hydrogens is 250 g/mol. The second kappa shape index (κ2) is 8.15. The lowest BCUT2D eigenvalue weighted by Gasteiger charge is -2.31. The van der Waals surface area contributed by atoms with Crippen LogP contribution in [-0.2, 0) is 0 Å². The monoisotopic (exact) mass is 279 g/mol. The Kier molecular flexibility index (Phi) is 6.86. The van der Waals surface area contributed by atoms with Gasteiger partial charge in [-0.25, -0.2) is 0 Å². The SMILES string of the molecule is CCCNC(COc1cccc(OCC)c1)C(C)(C)C. The molecule has 0 heterocycles. The minimum Gasteiger partial charge on any atom is -0.494 e. The average molecular weight is 279 g/mol. The fourth-order valence-corrected chi connectivity index (χ4v) is 1.93. The third kappa shape index (κ3) is 5.83. The summed E-state index contributed by atoms with van der Waals surface area (Å²) in [5.41, 5.74) is 0.173. The second-order valence-electron chi connectivity index (χ2n) is 6.09. The quantitative estimate of drug-likeness (QED) is 0.783. The van der Waals surface area contributed by atoms with E-state index in [2.05, 4.69) is 33.0 Å². The first-order valence-corrected chi connectivity index (χ1v) is 7.56. The van der Waals surface area contributed by atoms with Crippen molar-refractivity contribution in [3.63, 3.8) is 0 Å². The number of rotatable bonds is 8. The van der Waals surface area contributed by atoms with Crippen molar-refractivity contribution in [3.8, 4) is 11.5 Å². The van der Waals surface area contributed by atoms with Gasteiger partial charge in [-0.2, -0.15) is 0 Å². The topological polar surface area (TPSA) is 30.5 Å². The summed E-state index contributed by atoms with van der Waals surface area (Å²) in [5.74, 6) is 1.72. The molecule has 1 N–H and O–H groups in total. The Morgan fingerprint density at radius 1 is 1.10 bits per heavy atom. The Hall–Kier alpha value is -1.22. The van der Waals surface area contributed by atoms with Crippen molar-refractivity contribution in [2.75, 3.05) is 19.8 Å². The molecule has 0 aliphatic carbocycles. The number of nitrogens with one attached hydrogen (secondary N) is 1. The Morgan fingerprint density at radius 2 is 1.75 bits per heavy atom. The summed E-state index contributed by atoms with van der Waals surface area (Å²) in [6, 6.07) is 8.17. The van der Waals surface area contributed by atoms with Crippen molar-refractivity contribution in [1.82, 2.24) is 5.32 Å².